The van der Waals surface area contributed by atoms with E-state index in [0.717, 1.165) is 30.6 Å². The Morgan fingerprint density at radius 2 is 1.46 bits per heavy atom. The maximum atomic E-state index is 13.5. The van der Waals surface area contributed by atoms with E-state index in [4.69, 9.17) is 23.2 Å². The molecule has 3 atom stereocenters. The van der Waals surface area contributed by atoms with Crippen LogP contribution in [0.1, 0.15) is 23.6 Å². The van der Waals surface area contributed by atoms with Gasteiger partial charge in [0.15, 0.2) is 0 Å². The average Bonchev–Trinajstić information content (AvgIpc) is 3.30. The molecule has 0 bridgehead atoms. The van der Waals surface area contributed by atoms with E-state index in [2.05, 4.69) is 22.2 Å². The van der Waals surface area contributed by atoms with Gasteiger partial charge >= 0.3 is 0 Å². The van der Waals surface area contributed by atoms with Crippen molar-refractivity contribution in [3.05, 3.63) is 63.6 Å². The van der Waals surface area contributed by atoms with E-state index in [1.807, 2.05) is 19.1 Å². The summed E-state index contributed by atoms with van der Waals surface area (Å²) in [5.41, 5.74) is 2.51. The topological polar surface area (TPSA) is 43.9 Å². The van der Waals surface area contributed by atoms with Gasteiger partial charge in [-0.1, -0.05) is 59.1 Å². The number of hydrogen-bond acceptors (Lipinski definition) is 4. The quantitative estimate of drug-likeness (QED) is 0.698. The Bertz CT molecular complexity index is 958. The summed E-state index contributed by atoms with van der Waals surface area (Å²) in [6.45, 7) is 3.65. The van der Waals surface area contributed by atoms with Gasteiger partial charge in [-0.2, -0.15) is 0 Å². The lowest BCUT2D eigenvalue weighted by molar-refractivity contribution is -0.126. The number of fused-ring (bicyclic) bond motifs is 3. The second kappa shape index (κ2) is 6.56. The van der Waals surface area contributed by atoms with Gasteiger partial charge < -0.3 is 0 Å². The van der Waals surface area contributed by atoms with Crippen LogP contribution in [0, 0.1) is 12.8 Å². The first kappa shape index (κ1) is 18.1. The molecular weight excluding hydrogens is 397 g/mol. The van der Waals surface area contributed by atoms with E-state index in [9.17, 15) is 9.59 Å². The molecule has 0 N–H and O–H groups in total. The van der Waals surface area contributed by atoms with Crippen LogP contribution in [-0.2, 0) is 9.59 Å². The van der Waals surface area contributed by atoms with Gasteiger partial charge in [-0.3, -0.25) is 9.59 Å². The molecule has 0 saturated carbocycles. The molecule has 0 spiro atoms. The predicted molar refractivity (Wildman–Crippen MR) is 108 cm³/mol. The zero-order valence-electron chi connectivity index (χ0n) is 15.3. The lowest BCUT2D eigenvalue weighted by Gasteiger charge is -2.30. The fourth-order valence-corrected chi connectivity index (χ4v) is 5.37. The molecule has 3 heterocycles. The summed E-state index contributed by atoms with van der Waals surface area (Å²) < 4.78 is 0. The van der Waals surface area contributed by atoms with E-state index in [-0.39, 0.29) is 17.9 Å². The predicted octanol–water partition coefficient (Wildman–Crippen LogP) is 3.84. The number of anilines is 1. The summed E-state index contributed by atoms with van der Waals surface area (Å²) in [6, 6.07) is 12.6. The highest BCUT2D eigenvalue weighted by Crippen LogP contribution is 2.50. The Labute approximate surface area is 173 Å². The van der Waals surface area contributed by atoms with Gasteiger partial charge in [-0.05, 0) is 31.0 Å². The van der Waals surface area contributed by atoms with E-state index in [0.29, 0.717) is 15.7 Å². The molecule has 2 aromatic carbocycles. The number of nitrogens with zero attached hydrogens (tertiary/aromatic N) is 3. The van der Waals surface area contributed by atoms with Gasteiger partial charge in [0.25, 0.3) is 5.91 Å². The maximum absolute atomic E-state index is 13.5. The number of amides is 2. The summed E-state index contributed by atoms with van der Waals surface area (Å²) in [6.07, 6.45) is 0.972. The third-order valence-electron chi connectivity index (χ3n) is 5.99. The second-order valence-corrected chi connectivity index (χ2v) is 8.40. The van der Waals surface area contributed by atoms with Crippen molar-refractivity contribution in [3.63, 3.8) is 0 Å². The normalized spacial score (nSPS) is 27.5. The van der Waals surface area contributed by atoms with Gasteiger partial charge in [0.1, 0.15) is 6.04 Å². The van der Waals surface area contributed by atoms with Gasteiger partial charge in [-0.15, -0.1) is 0 Å². The molecule has 7 heteroatoms. The molecule has 5 nitrogen and oxygen atoms in total. The fourth-order valence-electron chi connectivity index (χ4n) is 4.80. The minimum atomic E-state index is -0.506. The Morgan fingerprint density at radius 1 is 0.857 bits per heavy atom. The lowest BCUT2D eigenvalue weighted by Crippen LogP contribution is -2.44. The van der Waals surface area contributed by atoms with Crippen LogP contribution in [0.25, 0.3) is 0 Å². The minimum absolute atomic E-state index is 0.157. The number of carbonyl (C=O) groups is 2. The molecule has 0 radical (unpaired) electrons. The van der Waals surface area contributed by atoms with Crippen LogP contribution in [0.4, 0.5) is 5.69 Å². The van der Waals surface area contributed by atoms with E-state index in [1.54, 1.807) is 18.2 Å². The van der Waals surface area contributed by atoms with Gasteiger partial charge in [0, 0.05) is 13.1 Å². The average molecular weight is 416 g/mol. The number of carbonyl (C=O) groups excluding carboxylic acids is 2. The van der Waals surface area contributed by atoms with E-state index in [1.165, 1.54) is 4.90 Å². The molecule has 2 amide bonds. The van der Waals surface area contributed by atoms with Gasteiger partial charge in [-0.25, -0.2) is 14.9 Å². The zero-order chi connectivity index (χ0) is 19.6. The number of hydrogen-bond donors (Lipinski definition) is 0. The summed E-state index contributed by atoms with van der Waals surface area (Å²) in [5.74, 6) is -0.945. The van der Waals surface area contributed by atoms with Crippen LogP contribution in [0.2, 0.25) is 10.0 Å². The van der Waals surface area contributed by atoms with Crippen LogP contribution in [0.15, 0.2) is 42.5 Å². The zero-order valence-corrected chi connectivity index (χ0v) is 16.8. The molecule has 2 aromatic rings. The number of hydrazine groups is 1. The Kier molecular flexibility index (Phi) is 4.25. The molecule has 3 aliphatic heterocycles. The van der Waals surface area contributed by atoms with Crippen molar-refractivity contribution in [2.75, 3.05) is 18.0 Å². The van der Waals surface area contributed by atoms with Crippen LogP contribution in [0.3, 0.4) is 0 Å². The number of halogens is 2. The third kappa shape index (κ3) is 2.47. The number of rotatable bonds is 2. The molecule has 0 unspecified atom stereocenters. The van der Waals surface area contributed by atoms with Crippen molar-refractivity contribution in [2.45, 2.75) is 25.4 Å². The van der Waals surface area contributed by atoms with Crippen molar-refractivity contribution < 1.29 is 9.59 Å². The monoisotopic (exact) mass is 415 g/mol. The summed E-state index contributed by atoms with van der Waals surface area (Å²) in [4.78, 5) is 28.1. The number of para-hydroxylation sites is 1. The Morgan fingerprint density at radius 3 is 2.11 bits per heavy atom. The smallest absolute Gasteiger partial charge is 0.253 e. The second-order valence-electron chi connectivity index (χ2n) is 7.59. The van der Waals surface area contributed by atoms with Crippen LogP contribution in [-0.4, -0.2) is 41.0 Å². The molecule has 144 valence electrons. The van der Waals surface area contributed by atoms with Gasteiger partial charge in [0.05, 0.1) is 27.7 Å². The van der Waals surface area contributed by atoms with Crippen molar-refractivity contribution in [2.24, 2.45) is 5.92 Å². The molecule has 3 aliphatic rings. The maximum Gasteiger partial charge on any atom is 0.253 e. The van der Waals surface area contributed by atoms with Gasteiger partial charge in [0.2, 0.25) is 5.91 Å². The minimum Gasteiger partial charge on any atom is -0.274 e. The number of imide groups is 1. The Balaban J connectivity index is 1.62. The third-order valence-corrected chi connectivity index (χ3v) is 6.60. The largest absolute Gasteiger partial charge is 0.274 e. The molecule has 5 rings (SSSR count). The first-order valence-electron chi connectivity index (χ1n) is 9.40. The molecule has 3 fully saturated rings. The van der Waals surface area contributed by atoms with Crippen molar-refractivity contribution >= 4 is 40.7 Å². The SMILES string of the molecule is Cc1ccc([C@H]2[C@@H]3C(=O)N(c4c(Cl)cccc4Cl)C(=O)[C@H]3N3CCCN23)cc1. The number of benzene rings is 2. The van der Waals surface area contributed by atoms with Crippen LogP contribution in [0.5, 0.6) is 0 Å². The lowest BCUT2D eigenvalue weighted by atomic mass is 9.89. The fraction of sp³-hybridized carbons (Fsp3) is 0.333. The van der Waals surface area contributed by atoms with Crippen LogP contribution >= 0.6 is 23.2 Å². The standard InChI is InChI=1S/C21H19Cl2N3O2/c1-12-6-8-13(9-7-12)17-16-19(25-11-3-10-24(17)25)21(28)26(20(16)27)18-14(22)4-2-5-15(18)23/h2,4-9,16-17,19H,3,10-11H2,1H3/t16-,17-,19-/m0/s1. The highest BCUT2D eigenvalue weighted by Gasteiger charge is 2.63. The van der Waals surface area contributed by atoms with E-state index >= 15 is 0 Å². The first-order valence-corrected chi connectivity index (χ1v) is 10.2. The first-order chi connectivity index (χ1) is 13.5. The van der Waals surface area contributed by atoms with Crippen LogP contribution < -0.4 is 4.90 Å². The number of aryl methyl sites for hydroxylation is 1. The molecular formula is C21H19Cl2N3O2. The molecule has 0 aliphatic carbocycles. The summed E-state index contributed by atoms with van der Waals surface area (Å²) in [7, 11) is 0. The summed E-state index contributed by atoms with van der Waals surface area (Å²) >= 11 is 12.6. The highest BCUT2D eigenvalue weighted by molar-refractivity contribution is 6.42. The highest BCUT2D eigenvalue weighted by atomic mass is 35.5. The van der Waals surface area contributed by atoms with Crippen molar-refractivity contribution in [1.82, 2.24) is 10.0 Å². The molecule has 0 aromatic heterocycles. The molecule has 28 heavy (non-hydrogen) atoms. The molecule has 3 saturated heterocycles. The van der Waals surface area contributed by atoms with Crippen molar-refractivity contribution in [3.8, 4) is 0 Å². The van der Waals surface area contributed by atoms with Crippen molar-refractivity contribution in [1.29, 1.82) is 0 Å². The van der Waals surface area contributed by atoms with E-state index < -0.39 is 12.0 Å². The summed E-state index contributed by atoms with van der Waals surface area (Å²) in [5, 5.41) is 4.88. The Hall–Kier alpha value is -1.92.